The van der Waals surface area contributed by atoms with E-state index in [9.17, 15) is 14.4 Å². The highest BCUT2D eigenvalue weighted by Crippen LogP contribution is 2.34. The number of aromatic nitrogens is 4. The van der Waals surface area contributed by atoms with Gasteiger partial charge in [-0.15, -0.1) is 10.2 Å². The summed E-state index contributed by atoms with van der Waals surface area (Å²) in [5.74, 6) is 1.12. The summed E-state index contributed by atoms with van der Waals surface area (Å²) in [6, 6.07) is 18.5. The number of hydrogen-bond acceptors (Lipinski definition) is 9. The predicted octanol–water partition coefficient (Wildman–Crippen LogP) is 4.07. The summed E-state index contributed by atoms with van der Waals surface area (Å²) in [6.07, 6.45) is 8.29. The normalized spacial score (nSPS) is 20.7. The molecule has 0 radical (unpaired) electrons. The molecule has 12 nitrogen and oxygen atoms in total. The Bertz CT molecular complexity index is 1880. The van der Waals surface area contributed by atoms with E-state index in [0.717, 1.165) is 75.4 Å². The maximum atomic E-state index is 13.1. The van der Waals surface area contributed by atoms with Gasteiger partial charge in [-0.25, -0.2) is 4.98 Å². The summed E-state index contributed by atoms with van der Waals surface area (Å²) in [7, 11) is 1.91. The summed E-state index contributed by atoms with van der Waals surface area (Å²) in [6.45, 7) is 5.30. The number of aryl methyl sites for hydroxylation is 1. The summed E-state index contributed by atoms with van der Waals surface area (Å²) in [5, 5.41) is 10.5. The predicted molar refractivity (Wildman–Crippen MR) is 186 cm³/mol. The van der Waals surface area contributed by atoms with Gasteiger partial charge in [0.25, 0.3) is 5.91 Å². The molecule has 4 aliphatic rings. The van der Waals surface area contributed by atoms with E-state index in [0.29, 0.717) is 30.3 Å². The Hall–Kier alpha value is -5.10. The molecule has 2 aromatic heterocycles. The number of likely N-dealkylation sites (tertiary alicyclic amines) is 1. The van der Waals surface area contributed by atoms with E-state index in [1.54, 1.807) is 17.4 Å². The summed E-state index contributed by atoms with van der Waals surface area (Å²) in [5.41, 5.74) is 6.42. The molecule has 6 heterocycles. The number of nitrogens with one attached hydrogen (secondary N) is 1. The topological polar surface area (TPSA) is 126 Å². The van der Waals surface area contributed by atoms with Crippen LogP contribution in [0.4, 0.5) is 5.69 Å². The van der Waals surface area contributed by atoms with Gasteiger partial charge in [0.15, 0.2) is 5.82 Å². The lowest BCUT2D eigenvalue weighted by Crippen LogP contribution is -2.52. The molecule has 4 aromatic rings. The number of hydrogen-bond donors (Lipinski definition) is 1. The van der Waals surface area contributed by atoms with Gasteiger partial charge in [-0.05, 0) is 79.2 Å². The number of anilines is 1. The number of imide groups is 1. The molecular weight excluding hydrogens is 632 g/mol. The van der Waals surface area contributed by atoms with Gasteiger partial charge >= 0.3 is 0 Å². The summed E-state index contributed by atoms with van der Waals surface area (Å²) in [4.78, 5) is 48.2. The molecule has 50 heavy (non-hydrogen) atoms. The quantitative estimate of drug-likeness (QED) is 0.276. The highest BCUT2D eigenvalue weighted by atomic mass is 16.5. The molecule has 3 saturated heterocycles. The molecule has 0 bridgehead atoms. The molecule has 2 aromatic carbocycles. The molecule has 0 saturated carbocycles. The SMILES string of the molecule is Cn1cnnc1-c1ccc(OC2CCN(c3ccc(CN4CCC(c5ccc6c(c5)CN(C5CCC(=O)NC5=O)C6=O)CC4)cc3)CC2)nc1. The Morgan fingerprint density at radius 1 is 0.900 bits per heavy atom. The highest BCUT2D eigenvalue weighted by Gasteiger charge is 2.39. The van der Waals surface area contributed by atoms with E-state index >= 15 is 0 Å². The first-order chi connectivity index (χ1) is 24.4. The second-order valence-corrected chi connectivity index (χ2v) is 14.0. The lowest BCUT2D eigenvalue weighted by atomic mass is 9.87. The van der Waals surface area contributed by atoms with Gasteiger partial charge in [-0.2, -0.15) is 0 Å². The number of benzene rings is 2. The van der Waals surface area contributed by atoms with E-state index in [1.165, 1.54) is 16.8 Å². The van der Waals surface area contributed by atoms with Crippen LogP contribution < -0.4 is 15.0 Å². The van der Waals surface area contributed by atoms with Crippen LogP contribution in [0.25, 0.3) is 11.4 Å². The van der Waals surface area contributed by atoms with Crippen molar-refractivity contribution in [3.8, 4) is 17.3 Å². The van der Waals surface area contributed by atoms with Gasteiger partial charge < -0.3 is 19.1 Å². The molecule has 0 aliphatic carbocycles. The maximum Gasteiger partial charge on any atom is 0.255 e. The Balaban J connectivity index is 0.791. The van der Waals surface area contributed by atoms with E-state index in [4.69, 9.17) is 4.74 Å². The van der Waals surface area contributed by atoms with Crippen LogP contribution in [-0.4, -0.2) is 85.6 Å². The first-order valence-electron chi connectivity index (χ1n) is 17.7. The second kappa shape index (κ2) is 13.7. The van der Waals surface area contributed by atoms with Gasteiger partial charge in [-0.1, -0.05) is 24.3 Å². The minimum absolute atomic E-state index is 0.115. The number of fused-ring (bicyclic) bond motifs is 1. The number of piperidine rings is 3. The third-order valence-electron chi connectivity index (χ3n) is 10.7. The van der Waals surface area contributed by atoms with Gasteiger partial charge in [0.1, 0.15) is 18.5 Å². The number of rotatable bonds is 8. The summed E-state index contributed by atoms with van der Waals surface area (Å²) >= 11 is 0. The lowest BCUT2D eigenvalue weighted by molar-refractivity contribution is -0.136. The Labute approximate surface area is 291 Å². The van der Waals surface area contributed by atoms with Crippen LogP contribution in [0.3, 0.4) is 0 Å². The van der Waals surface area contributed by atoms with Gasteiger partial charge in [-0.3, -0.25) is 24.6 Å². The fraction of sp³-hybridized carbons (Fsp3) is 0.421. The number of nitrogens with zero attached hydrogens (tertiary/aromatic N) is 7. The van der Waals surface area contributed by atoms with E-state index < -0.39 is 6.04 Å². The number of amides is 3. The third kappa shape index (κ3) is 6.59. The second-order valence-electron chi connectivity index (χ2n) is 14.0. The number of carbonyl (C=O) groups is 3. The maximum absolute atomic E-state index is 13.1. The molecule has 12 heteroatoms. The third-order valence-corrected chi connectivity index (χ3v) is 10.7. The minimum atomic E-state index is -0.579. The van der Waals surface area contributed by atoms with Crippen molar-refractivity contribution in [2.24, 2.45) is 7.05 Å². The van der Waals surface area contributed by atoms with Crippen LogP contribution in [0.2, 0.25) is 0 Å². The zero-order chi connectivity index (χ0) is 34.2. The monoisotopic (exact) mass is 674 g/mol. The number of pyridine rings is 1. The van der Waals surface area contributed by atoms with Gasteiger partial charge in [0.05, 0.1) is 0 Å². The van der Waals surface area contributed by atoms with Crippen molar-refractivity contribution < 1.29 is 19.1 Å². The molecule has 0 spiro atoms. The number of carbonyl (C=O) groups excluding carboxylic acids is 3. The Kier molecular flexibility index (Phi) is 8.78. The van der Waals surface area contributed by atoms with E-state index in [-0.39, 0.29) is 30.2 Å². The van der Waals surface area contributed by atoms with Crippen LogP contribution in [0.1, 0.15) is 71.5 Å². The average Bonchev–Trinajstić information content (AvgIpc) is 3.71. The van der Waals surface area contributed by atoms with Crippen molar-refractivity contribution in [2.75, 3.05) is 31.1 Å². The van der Waals surface area contributed by atoms with Crippen molar-refractivity contribution in [1.29, 1.82) is 0 Å². The first-order valence-corrected chi connectivity index (χ1v) is 17.7. The Morgan fingerprint density at radius 3 is 2.40 bits per heavy atom. The average molecular weight is 675 g/mol. The van der Waals surface area contributed by atoms with Crippen LogP contribution in [0.15, 0.2) is 67.1 Å². The van der Waals surface area contributed by atoms with Crippen molar-refractivity contribution >= 4 is 23.4 Å². The highest BCUT2D eigenvalue weighted by molar-refractivity contribution is 6.05. The zero-order valence-corrected chi connectivity index (χ0v) is 28.3. The van der Waals surface area contributed by atoms with Crippen LogP contribution in [0.5, 0.6) is 5.88 Å². The lowest BCUT2D eigenvalue weighted by Gasteiger charge is -2.34. The first kappa shape index (κ1) is 32.1. The molecule has 1 N–H and O–H groups in total. The molecular formula is C38H42N8O4. The molecule has 1 atom stereocenters. The smallest absolute Gasteiger partial charge is 0.255 e. The van der Waals surface area contributed by atoms with E-state index in [1.807, 2.05) is 29.8 Å². The van der Waals surface area contributed by atoms with Crippen molar-refractivity contribution in [1.82, 2.24) is 34.9 Å². The van der Waals surface area contributed by atoms with Crippen molar-refractivity contribution in [2.45, 2.75) is 69.7 Å². The van der Waals surface area contributed by atoms with Gasteiger partial charge in [0, 0.05) is 81.6 Å². The van der Waals surface area contributed by atoms with E-state index in [2.05, 4.69) is 66.7 Å². The van der Waals surface area contributed by atoms with Crippen LogP contribution >= 0.6 is 0 Å². The minimum Gasteiger partial charge on any atom is -0.474 e. The van der Waals surface area contributed by atoms with Crippen molar-refractivity contribution in [3.05, 3.63) is 89.4 Å². The molecule has 258 valence electrons. The molecule has 1 unspecified atom stereocenters. The molecule has 4 aliphatic heterocycles. The molecule has 3 amide bonds. The van der Waals surface area contributed by atoms with Gasteiger partial charge in [0.2, 0.25) is 17.7 Å². The molecule has 3 fully saturated rings. The van der Waals surface area contributed by atoms with Crippen molar-refractivity contribution in [3.63, 3.8) is 0 Å². The van der Waals surface area contributed by atoms with Crippen LogP contribution in [-0.2, 0) is 29.7 Å². The molecule has 8 rings (SSSR count). The Morgan fingerprint density at radius 2 is 1.70 bits per heavy atom. The summed E-state index contributed by atoms with van der Waals surface area (Å²) < 4.78 is 8.08. The fourth-order valence-corrected chi connectivity index (χ4v) is 7.87. The zero-order valence-electron chi connectivity index (χ0n) is 28.3. The number of ether oxygens (including phenoxy) is 1. The fourth-order valence-electron chi connectivity index (χ4n) is 7.87. The largest absolute Gasteiger partial charge is 0.474 e. The standard InChI is InChI=1S/C38H42N8O4/c1-43-24-40-42-36(43)28-5-11-35(39-21-28)50-31-14-18-45(19-15-31)30-6-2-25(3-7-30)22-44-16-12-26(13-17-44)27-4-8-32-29(20-27)23-46(38(32)49)33-9-10-34(47)41-37(33)48/h2-8,11,20-21,24,26,31,33H,9-10,12-19,22-23H2,1H3,(H,41,47,48). The van der Waals surface area contributed by atoms with Crippen LogP contribution in [0, 0.1) is 0 Å².